The van der Waals surface area contributed by atoms with Crippen LogP contribution in [-0.2, 0) is 13.1 Å². The molecule has 1 N–H and O–H groups in total. The van der Waals surface area contributed by atoms with Gasteiger partial charge in [0, 0.05) is 30.5 Å². The number of nitrogens with one attached hydrogen (secondary N) is 1. The van der Waals surface area contributed by atoms with Gasteiger partial charge in [-0.3, -0.25) is 4.79 Å². The molecule has 0 aliphatic rings. The highest BCUT2D eigenvalue weighted by Gasteiger charge is 2.10. The number of carbonyl (C=O) groups is 1. The van der Waals surface area contributed by atoms with E-state index in [4.69, 9.17) is 23.2 Å². The molecule has 4 nitrogen and oxygen atoms in total. The summed E-state index contributed by atoms with van der Waals surface area (Å²) >= 11 is 11.9. The van der Waals surface area contributed by atoms with Crippen molar-refractivity contribution in [3.05, 3.63) is 87.9 Å². The van der Waals surface area contributed by atoms with Crippen molar-refractivity contribution < 1.29 is 4.79 Å². The zero-order valence-corrected chi connectivity index (χ0v) is 14.3. The molecule has 2 aromatic carbocycles. The molecule has 0 aliphatic heterocycles. The SMILES string of the molecule is O=C(NCc1ccc(Cn2ccnc2)cc1)c1ccc(Cl)cc1Cl. The van der Waals surface area contributed by atoms with Crippen LogP contribution in [0.1, 0.15) is 21.5 Å². The van der Waals surface area contributed by atoms with Gasteiger partial charge in [-0.25, -0.2) is 4.98 Å². The Morgan fingerprint density at radius 3 is 2.50 bits per heavy atom. The molecule has 0 aliphatic carbocycles. The highest BCUT2D eigenvalue weighted by Crippen LogP contribution is 2.20. The van der Waals surface area contributed by atoms with Crippen molar-refractivity contribution in [1.82, 2.24) is 14.9 Å². The molecule has 6 heteroatoms. The highest BCUT2D eigenvalue weighted by molar-refractivity contribution is 6.36. The van der Waals surface area contributed by atoms with Gasteiger partial charge >= 0.3 is 0 Å². The lowest BCUT2D eigenvalue weighted by Gasteiger charge is -2.08. The van der Waals surface area contributed by atoms with Gasteiger partial charge in [-0.1, -0.05) is 47.5 Å². The molecule has 0 saturated heterocycles. The number of hydrogen-bond donors (Lipinski definition) is 1. The molecular weight excluding hydrogens is 345 g/mol. The molecule has 0 bridgehead atoms. The molecule has 3 aromatic rings. The third-order valence-electron chi connectivity index (χ3n) is 3.58. The van der Waals surface area contributed by atoms with Gasteiger partial charge in [0.05, 0.1) is 16.9 Å². The predicted octanol–water partition coefficient (Wildman–Crippen LogP) is 4.17. The standard InChI is InChI=1S/C18H15Cl2N3O/c19-15-5-6-16(17(20)9-15)18(24)22-10-13-1-3-14(4-2-13)11-23-8-7-21-12-23/h1-9,12H,10-11H2,(H,22,24). The zero-order chi connectivity index (χ0) is 16.9. The lowest BCUT2D eigenvalue weighted by atomic mass is 10.1. The van der Waals surface area contributed by atoms with E-state index in [1.165, 1.54) is 5.56 Å². The van der Waals surface area contributed by atoms with Gasteiger partial charge < -0.3 is 9.88 Å². The first-order valence-corrected chi connectivity index (χ1v) is 8.14. The number of rotatable bonds is 5. The summed E-state index contributed by atoms with van der Waals surface area (Å²) in [5.74, 6) is -0.223. The Morgan fingerprint density at radius 1 is 1.08 bits per heavy atom. The zero-order valence-electron chi connectivity index (χ0n) is 12.7. The quantitative estimate of drug-likeness (QED) is 0.742. The second-order valence-corrected chi connectivity index (χ2v) is 6.20. The van der Waals surface area contributed by atoms with Crippen LogP contribution >= 0.6 is 23.2 Å². The van der Waals surface area contributed by atoms with Crippen LogP contribution in [0.4, 0.5) is 0 Å². The molecule has 122 valence electrons. The number of hydrogen-bond acceptors (Lipinski definition) is 2. The fourth-order valence-corrected chi connectivity index (χ4v) is 2.80. The minimum Gasteiger partial charge on any atom is -0.348 e. The van der Waals surface area contributed by atoms with Crippen molar-refractivity contribution in [3.8, 4) is 0 Å². The van der Waals surface area contributed by atoms with Gasteiger partial charge in [0.25, 0.3) is 5.91 Å². The lowest BCUT2D eigenvalue weighted by Crippen LogP contribution is -2.23. The summed E-state index contributed by atoms with van der Waals surface area (Å²) in [6, 6.07) is 12.9. The molecule has 0 saturated carbocycles. The number of aromatic nitrogens is 2. The average Bonchev–Trinajstić information content (AvgIpc) is 3.07. The Labute approximate surface area is 150 Å². The van der Waals surface area contributed by atoms with E-state index in [0.29, 0.717) is 22.2 Å². The molecule has 3 rings (SSSR count). The Morgan fingerprint density at radius 2 is 1.83 bits per heavy atom. The van der Waals surface area contributed by atoms with E-state index in [1.807, 2.05) is 35.0 Å². The van der Waals surface area contributed by atoms with Crippen LogP contribution in [0.3, 0.4) is 0 Å². The van der Waals surface area contributed by atoms with Crippen LogP contribution in [-0.4, -0.2) is 15.5 Å². The van der Waals surface area contributed by atoms with E-state index in [0.717, 1.165) is 12.1 Å². The molecule has 0 unspecified atom stereocenters. The van der Waals surface area contributed by atoms with E-state index < -0.39 is 0 Å². The third-order valence-corrected chi connectivity index (χ3v) is 4.12. The largest absolute Gasteiger partial charge is 0.348 e. The van der Waals surface area contributed by atoms with Crippen LogP contribution in [0, 0.1) is 0 Å². The maximum absolute atomic E-state index is 12.2. The highest BCUT2D eigenvalue weighted by atomic mass is 35.5. The van der Waals surface area contributed by atoms with E-state index in [1.54, 1.807) is 30.7 Å². The van der Waals surface area contributed by atoms with Gasteiger partial charge in [-0.2, -0.15) is 0 Å². The summed E-state index contributed by atoms with van der Waals surface area (Å²) in [5.41, 5.74) is 2.60. The van der Waals surface area contributed by atoms with Gasteiger partial charge in [0.15, 0.2) is 0 Å². The smallest absolute Gasteiger partial charge is 0.253 e. The molecular formula is C18H15Cl2N3O. The van der Waals surface area contributed by atoms with Crippen molar-refractivity contribution in [2.45, 2.75) is 13.1 Å². The van der Waals surface area contributed by atoms with Crippen LogP contribution < -0.4 is 5.32 Å². The van der Waals surface area contributed by atoms with Gasteiger partial charge in [-0.05, 0) is 29.3 Å². The topological polar surface area (TPSA) is 46.9 Å². The average molecular weight is 360 g/mol. The second kappa shape index (κ2) is 7.51. The first kappa shape index (κ1) is 16.6. The third kappa shape index (κ3) is 4.16. The first-order chi connectivity index (χ1) is 11.6. The van der Waals surface area contributed by atoms with Crippen molar-refractivity contribution in [1.29, 1.82) is 0 Å². The number of benzene rings is 2. The van der Waals surface area contributed by atoms with E-state index in [9.17, 15) is 4.79 Å². The lowest BCUT2D eigenvalue weighted by molar-refractivity contribution is 0.0951. The van der Waals surface area contributed by atoms with E-state index >= 15 is 0 Å². The van der Waals surface area contributed by atoms with Gasteiger partial charge in [0.1, 0.15) is 0 Å². The second-order valence-electron chi connectivity index (χ2n) is 5.36. The predicted molar refractivity (Wildman–Crippen MR) is 95.4 cm³/mol. The number of amides is 1. The fourth-order valence-electron chi connectivity index (χ4n) is 2.30. The fraction of sp³-hybridized carbons (Fsp3) is 0.111. The monoisotopic (exact) mass is 359 g/mol. The van der Waals surface area contributed by atoms with Gasteiger partial charge in [0.2, 0.25) is 0 Å². The Hall–Kier alpha value is -2.30. The molecule has 0 fully saturated rings. The van der Waals surface area contributed by atoms with Crippen molar-refractivity contribution in [2.24, 2.45) is 0 Å². The molecule has 24 heavy (non-hydrogen) atoms. The van der Waals surface area contributed by atoms with Crippen LogP contribution in [0.2, 0.25) is 10.0 Å². The van der Waals surface area contributed by atoms with E-state index in [2.05, 4.69) is 10.3 Å². The number of imidazole rings is 1. The molecule has 1 amide bonds. The summed E-state index contributed by atoms with van der Waals surface area (Å²) in [6.45, 7) is 1.20. The minimum absolute atomic E-state index is 0.223. The number of halogens is 2. The summed E-state index contributed by atoms with van der Waals surface area (Å²) in [6.07, 6.45) is 5.46. The summed E-state index contributed by atoms with van der Waals surface area (Å²) in [5, 5.41) is 3.71. The summed E-state index contributed by atoms with van der Waals surface area (Å²) in [7, 11) is 0. The first-order valence-electron chi connectivity index (χ1n) is 7.38. The van der Waals surface area contributed by atoms with Crippen LogP contribution in [0.5, 0.6) is 0 Å². The Balaban J connectivity index is 1.59. The molecule has 1 heterocycles. The molecule has 1 aromatic heterocycles. The molecule has 0 radical (unpaired) electrons. The maximum Gasteiger partial charge on any atom is 0.253 e. The van der Waals surface area contributed by atoms with Crippen molar-refractivity contribution in [3.63, 3.8) is 0 Å². The maximum atomic E-state index is 12.2. The van der Waals surface area contributed by atoms with Crippen molar-refractivity contribution in [2.75, 3.05) is 0 Å². The van der Waals surface area contributed by atoms with Crippen LogP contribution in [0.25, 0.3) is 0 Å². The Bertz CT molecular complexity index is 830. The Kier molecular flexibility index (Phi) is 5.18. The summed E-state index contributed by atoms with van der Waals surface area (Å²) < 4.78 is 2.00. The molecule has 0 atom stereocenters. The van der Waals surface area contributed by atoms with Crippen molar-refractivity contribution >= 4 is 29.1 Å². The van der Waals surface area contributed by atoms with Crippen LogP contribution in [0.15, 0.2) is 61.2 Å². The summed E-state index contributed by atoms with van der Waals surface area (Å²) in [4.78, 5) is 16.2. The van der Waals surface area contributed by atoms with Gasteiger partial charge in [-0.15, -0.1) is 0 Å². The normalized spacial score (nSPS) is 10.6. The minimum atomic E-state index is -0.223. The molecule has 0 spiro atoms. The van der Waals surface area contributed by atoms with E-state index in [-0.39, 0.29) is 5.91 Å². The number of nitrogens with zero attached hydrogens (tertiary/aromatic N) is 2. The number of carbonyl (C=O) groups excluding carboxylic acids is 1.